The van der Waals surface area contributed by atoms with Crippen molar-refractivity contribution in [3.63, 3.8) is 0 Å². The Morgan fingerprint density at radius 2 is 2.13 bits per heavy atom. The van der Waals surface area contributed by atoms with Crippen LogP contribution in [0.5, 0.6) is 0 Å². The van der Waals surface area contributed by atoms with E-state index in [2.05, 4.69) is 11.4 Å². The monoisotopic (exact) mass is 434 g/mol. The van der Waals surface area contributed by atoms with E-state index in [0.717, 1.165) is 25.5 Å². The van der Waals surface area contributed by atoms with Gasteiger partial charge in [0.1, 0.15) is 23.0 Å². The van der Waals surface area contributed by atoms with Crippen LogP contribution in [0.25, 0.3) is 10.9 Å². The number of rotatable bonds is 3. The number of halogens is 2. The zero-order valence-corrected chi connectivity index (χ0v) is 16.7. The van der Waals surface area contributed by atoms with E-state index < -0.39 is 22.8 Å². The first kappa shape index (κ1) is 20.6. The fourth-order valence-electron chi connectivity index (χ4n) is 4.46. The first-order valence-corrected chi connectivity index (χ1v) is 9.64. The molecule has 3 fully saturated rings. The lowest BCUT2D eigenvalue weighted by atomic mass is 10.0. The molecule has 3 aliphatic rings. The van der Waals surface area contributed by atoms with Crippen LogP contribution in [0.3, 0.4) is 0 Å². The number of aromatic nitrogens is 1. The topological polar surface area (TPSA) is 108 Å². The molecule has 0 bridgehead atoms. The third-order valence-corrected chi connectivity index (χ3v) is 5.95. The molecule has 0 unspecified atom stereocenters. The number of fused-ring (bicyclic) bond motifs is 2. The van der Waals surface area contributed by atoms with Crippen LogP contribution in [0.1, 0.15) is 34.8 Å². The van der Waals surface area contributed by atoms with Crippen LogP contribution >= 0.6 is 12.4 Å². The summed E-state index contributed by atoms with van der Waals surface area (Å²) in [6.45, 7) is 2.23. The number of pyridine rings is 1. The summed E-state index contributed by atoms with van der Waals surface area (Å²) in [6, 6.07) is 3.22. The van der Waals surface area contributed by atoms with Gasteiger partial charge in [-0.25, -0.2) is 9.18 Å². The SMILES string of the molecule is Cl.N#Cc1c(N2C[C@H]3NCCO[C@@H]3C2)c(F)cc2c(=O)c(C(=O)O)cn(C3CC3)c12. The largest absolute Gasteiger partial charge is 0.477 e. The van der Waals surface area contributed by atoms with Crippen molar-refractivity contribution >= 4 is 35.0 Å². The maximum Gasteiger partial charge on any atom is 0.341 e. The molecule has 0 spiro atoms. The highest BCUT2D eigenvalue weighted by molar-refractivity contribution is 5.96. The van der Waals surface area contributed by atoms with E-state index in [-0.39, 0.29) is 47.2 Å². The number of benzene rings is 1. The van der Waals surface area contributed by atoms with Crippen LogP contribution in [0, 0.1) is 17.1 Å². The summed E-state index contributed by atoms with van der Waals surface area (Å²) in [5.41, 5.74) is -0.655. The number of carboxylic acid groups (broad SMARTS) is 1. The number of ether oxygens (including phenoxy) is 1. The number of carbonyl (C=O) groups is 1. The summed E-state index contributed by atoms with van der Waals surface area (Å²) in [7, 11) is 0. The molecule has 10 heteroatoms. The summed E-state index contributed by atoms with van der Waals surface area (Å²) < 4.78 is 22.6. The van der Waals surface area contributed by atoms with Gasteiger partial charge in [-0.05, 0) is 18.9 Å². The smallest absolute Gasteiger partial charge is 0.341 e. The van der Waals surface area contributed by atoms with Crippen molar-refractivity contribution < 1.29 is 19.0 Å². The standard InChI is InChI=1S/C20H19FN4O4.ClH/c21-14-5-11-17(25(10-1-2-10)7-13(19(11)26)20(27)28)12(6-22)18(14)24-8-15-16(9-24)29-4-3-23-15;/h5,7,10,15-16,23H,1-4,8-9H2,(H,27,28);1H/t15-,16-;/m1./s1. The van der Waals surface area contributed by atoms with E-state index in [1.54, 1.807) is 9.47 Å². The second kappa shape index (κ2) is 7.54. The van der Waals surface area contributed by atoms with Gasteiger partial charge in [0, 0.05) is 31.9 Å². The molecule has 5 rings (SSSR count). The molecule has 0 amide bonds. The summed E-state index contributed by atoms with van der Waals surface area (Å²) in [5.74, 6) is -2.06. The van der Waals surface area contributed by atoms with Crippen LogP contribution in [0.15, 0.2) is 17.1 Å². The van der Waals surface area contributed by atoms with Crippen molar-refractivity contribution in [2.24, 2.45) is 0 Å². The first-order valence-electron chi connectivity index (χ1n) is 9.64. The Morgan fingerprint density at radius 3 is 2.77 bits per heavy atom. The molecule has 1 aliphatic carbocycles. The Hall–Kier alpha value is -2.67. The summed E-state index contributed by atoms with van der Waals surface area (Å²) in [5, 5.41) is 22.6. The van der Waals surface area contributed by atoms with Crippen molar-refractivity contribution in [1.29, 1.82) is 5.26 Å². The fraction of sp³-hybridized carbons (Fsp3) is 0.450. The number of nitrogens with zero attached hydrogens (tertiary/aromatic N) is 3. The van der Waals surface area contributed by atoms with E-state index in [0.29, 0.717) is 25.2 Å². The molecule has 1 aromatic carbocycles. The molecule has 2 aliphatic heterocycles. The number of aromatic carboxylic acids is 1. The van der Waals surface area contributed by atoms with Gasteiger partial charge in [-0.15, -0.1) is 12.4 Å². The molecule has 158 valence electrons. The Kier molecular flexibility index (Phi) is 5.18. The minimum absolute atomic E-state index is 0. The lowest BCUT2D eigenvalue weighted by molar-refractivity contribution is 0.0212. The predicted octanol–water partition coefficient (Wildman–Crippen LogP) is 1.64. The zero-order chi connectivity index (χ0) is 20.3. The highest BCUT2D eigenvalue weighted by Gasteiger charge is 2.38. The minimum Gasteiger partial charge on any atom is -0.477 e. The highest BCUT2D eigenvalue weighted by atomic mass is 35.5. The molecule has 2 aromatic rings. The van der Waals surface area contributed by atoms with Gasteiger partial charge in [-0.2, -0.15) is 5.26 Å². The van der Waals surface area contributed by atoms with Gasteiger partial charge in [0.05, 0.1) is 35.3 Å². The van der Waals surface area contributed by atoms with Gasteiger partial charge >= 0.3 is 5.97 Å². The van der Waals surface area contributed by atoms with Crippen molar-refractivity contribution in [3.05, 3.63) is 39.4 Å². The molecular weight excluding hydrogens is 415 g/mol. The molecule has 2 saturated heterocycles. The van der Waals surface area contributed by atoms with Crippen molar-refractivity contribution in [3.8, 4) is 6.07 Å². The van der Waals surface area contributed by atoms with E-state index in [4.69, 9.17) is 4.74 Å². The second-order valence-electron chi connectivity index (χ2n) is 7.78. The second-order valence-corrected chi connectivity index (χ2v) is 7.78. The van der Waals surface area contributed by atoms with Crippen LogP contribution in [0.2, 0.25) is 0 Å². The summed E-state index contributed by atoms with van der Waals surface area (Å²) in [4.78, 5) is 26.0. The molecule has 2 N–H and O–H groups in total. The van der Waals surface area contributed by atoms with E-state index in [1.165, 1.54) is 6.20 Å². The number of morpholine rings is 1. The van der Waals surface area contributed by atoms with Gasteiger partial charge in [0.25, 0.3) is 0 Å². The number of carboxylic acids is 1. The zero-order valence-electron chi connectivity index (χ0n) is 15.9. The number of hydrogen-bond donors (Lipinski definition) is 2. The average Bonchev–Trinajstić information content (AvgIpc) is 3.45. The Bertz CT molecular complexity index is 1130. The third-order valence-electron chi connectivity index (χ3n) is 5.95. The molecule has 8 nitrogen and oxygen atoms in total. The van der Waals surface area contributed by atoms with Crippen LogP contribution < -0.4 is 15.6 Å². The average molecular weight is 435 g/mol. The number of anilines is 1. The van der Waals surface area contributed by atoms with Gasteiger partial charge in [-0.3, -0.25) is 4.79 Å². The fourth-order valence-corrected chi connectivity index (χ4v) is 4.46. The van der Waals surface area contributed by atoms with Crippen molar-refractivity contribution in [1.82, 2.24) is 9.88 Å². The Morgan fingerprint density at radius 1 is 1.37 bits per heavy atom. The van der Waals surface area contributed by atoms with Crippen LogP contribution in [-0.2, 0) is 4.74 Å². The van der Waals surface area contributed by atoms with Crippen LogP contribution in [0.4, 0.5) is 10.1 Å². The summed E-state index contributed by atoms with van der Waals surface area (Å²) >= 11 is 0. The van der Waals surface area contributed by atoms with Crippen molar-refractivity contribution in [2.75, 3.05) is 31.1 Å². The van der Waals surface area contributed by atoms with E-state index in [9.17, 15) is 20.0 Å². The minimum atomic E-state index is -1.36. The van der Waals surface area contributed by atoms with Gasteiger partial charge in [-0.1, -0.05) is 0 Å². The molecule has 2 atom stereocenters. The van der Waals surface area contributed by atoms with Gasteiger partial charge < -0.3 is 24.6 Å². The molecule has 1 aromatic heterocycles. The highest BCUT2D eigenvalue weighted by Crippen LogP contribution is 2.40. The lowest BCUT2D eigenvalue weighted by Gasteiger charge is -2.25. The normalized spacial score (nSPS) is 23.0. The number of nitriles is 1. The Labute approximate surface area is 177 Å². The van der Waals surface area contributed by atoms with Gasteiger partial charge in [0.15, 0.2) is 0 Å². The molecule has 30 heavy (non-hydrogen) atoms. The van der Waals surface area contributed by atoms with Crippen LogP contribution in [-0.4, -0.2) is 54.0 Å². The molecule has 1 saturated carbocycles. The number of nitrogens with one attached hydrogen (secondary N) is 1. The third kappa shape index (κ3) is 3.12. The first-order chi connectivity index (χ1) is 14.0. The number of hydrogen-bond acceptors (Lipinski definition) is 6. The predicted molar refractivity (Wildman–Crippen MR) is 109 cm³/mol. The Balaban J connectivity index is 0.00000218. The lowest BCUT2D eigenvalue weighted by Crippen LogP contribution is -2.47. The summed E-state index contributed by atoms with van der Waals surface area (Å²) in [6.07, 6.45) is 2.84. The molecular formula is C20H20ClFN4O4. The van der Waals surface area contributed by atoms with E-state index in [1.807, 2.05) is 0 Å². The maximum absolute atomic E-state index is 15.2. The van der Waals surface area contributed by atoms with Gasteiger partial charge in [0.2, 0.25) is 5.43 Å². The maximum atomic E-state index is 15.2. The van der Waals surface area contributed by atoms with Crippen molar-refractivity contribution in [2.45, 2.75) is 31.0 Å². The van der Waals surface area contributed by atoms with E-state index >= 15 is 4.39 Å². The molecule has 0 radical (unpaired) electrons. The quantitative estimate of drug-likeness (QED) is 0.756. The molecule has 3 heterocycles.